The summed E-state index contributed by atoms with van der Waals surface area (Å²) in [4.78, 5) is 11.5. The smallest absolute Gasteiger partial charge is 0.352 e. The number of nitrogens with zero attached hydrogens (tertiary/aromatic N) is 1. The fraction of sp³-hybridized carbons (Fsp3) is 0.250. The van der Waals surface area contributed by atoms with Crippen molar-refractivity contribution in [3.05, 3.63) is 41.2 Å². The molecule has 1 fully saturated rings. The molecule has 0 saturated heterocycles. The normalized spacial score (nSPS) is 14.5. The molecule has 1 aromatic heterocycles. The summed E-state index contributed by atoms with van der Waals surface area (Å²) in [6.45, 7) is 1.63. The Bertz CT molecular complexity index is 956. The van der Waals surface area contributed by atoms with Gasteiger partial charge in [0.1, 0.15) is 5.69 Å². The highest BCUT2D eigenvalue weighted by molar-refractivity contribution is 7.91. The van der Waals surface area contributed by atoms with Crippen LogP contribution in [0.1, 0.15) is 40.6 Å². The van der Waals surface area contributed by atoms with Crippen molar-refractivity contribution in [3.8, 4) is 0 Å². The lowest BCUT2D eigenvalue weighted by Gasteiger charge is -2.09. The first-order valence-electron chi connectivity index (χ1n) is 7.42. The fourth-order valence-electron chi connectivity index (χ4n) is 2.83. The van der Waals surface area contributed by atoms with Crippen molar-refractivity contribution in [2.45, 2.75) is 35.6 Å². The van der Waals surface area contributed by atoms with E-state index in [2.05, 4.69) is 0 Å². The molecule has 1 aliphatic rings. The van der Waals surface area contributed by atoms with Gasteiger partial charge in [-0.25, -0.2) is 13.2 Å². The largest absolute Gasteiger partial charge is 0.477 e. The summed E-state index contributed by atoms with van der Waals surface area (Å²) in [5.41, 5.74) is 6.95. The van der Waals surface area contributed by atoms with E-state index in [4.69, 9.17) is 11.1 Å². The van der Waals surface area contributed by atoms with E-state index in [-0.39, 0.29) is 21.5 Å². The van der Waals surface area contributed by atoms with Crippen LogP contribution in [0, 0.1) is 6.92 Å². The van der Waals surface area contributed by atoms with Gasteiger partial charge in [-0.15, -0.1) is 0 Å². The number of nitrogens with two attached hydrogens (primary N) is 2. The van der Waals surface area contributed by atoms with Gasteiger partial charge in [0, 0.05) is 17.4 Å². The molecule has 1 saturated carbocycles. The number of aromatic carboxylic acids is 1. The van der Waals surface area contributed by atoms with Gasteiger partial charge >= 0.3 is 5.97 Å². The molecule has 2 aromatic rings. The van der Waals surface area contributed by atoms with Crippen LogP contribution < -0.4 is 11.1 Å². The van der Waals surface area contributed by atoms with Crippen molar-refractivity contribution >= 4 is 27.7 Å². The number of anilines is 1. The molecule has 126 valence electrons. The maximum atomic E-state index is 13.0. The summed E-state index contributed by atoms with van der Waals surface area (Å²) < 4.78 is 27.5. The van der Waals surface area contributed by atoms with Gasteiger partial charge in [0.05, 0.1) is 15.4 Å². The minimum atomic E-state index is -3.88. The molecule has 1 aliphatic carbocycles. The second kappa shape index (κ2) is 5.48. The molecule has 5 N–H and O–H groups in total. The third-order valence-electron chi connectivity index (χ3n) is 4.21. The van der Waals surface area contributed by atoms with Gasteiger partial charge in [0.25, 0.3) is 0 Å². The van der Waals surface area contributed by atoms with E-state index < -0.39 is 15.8 Å². The summed E-state index contributed by atoms with van der Waals surface area (Å²) in [5.74, 6) is -1.14. The van der Waals surface area contributed by atoms with Gasteiger partial charge < -0.3 is 15.4 Å². The maximum absolute atomic E-state index is 13.0. The van der Waals surface area contributed by atoms with Gasteiger partial charge in [0.2, 0.25) is 9.84 Å². The van der Waals surface area contributed by atoms with Crippen LogP contribution in [0.4, 0.5) is 5.69 Å². The van der Waals surface area contributed by atoms with Crippen molar-refractivity contribution < 1.29 is 23.7 Å². The van der Waals surface area contributed by atoms with Gasteiger partial charge in [-0.3, -0.25) is 5.41 Å². The summed E-state index contributed by atoms with van der Waals surface area (Å²) in [6, 6.07) is 5.54. The first kappa shape index (κ1) is 16.3. The molecule has 8 heteroatoms. The lowest BCUT2D eigenvalue weighted by atomic mass is 10.2. The van der Waals surface area contributed by atoms with Crippen molar-refractivity contribution in [2.24, 2.45) is 0 Å². The molecule has 0 aliphatic heterocycles. The minimum absolute atomic E-state index is 0.000423. The Hall–Kier alpha value is -2.61. The van der Waals surface area contributed by atoms with E-state index in [1.807, 2.05) is 0 Å². The van der Waals surface area contributed by atoms with Crippen molar-refractivity contribution in [1.82, 2.24) is 4.57 Å². The van der Waals surface area contributed by atoms with Crippen molar-refractivity contribution in [2.75, 3.05) is 5.73 Å². The number of sulfone groups is 1. The summed E-state index contributed by atoms with van der Waals surface area (Å²) in [5, 5.41) is 14.8. The Kier molecular flexibility index (Phi) is 3.71. The highest BCUT2D eigenvalue weighted by Gasteiger charge is 2.34. The highest BCUT2D eigenvalue weighted by atomic mass is 32.2. The Morgan fingerprint density at radius 3 is 2.58 bits per heavy atom. The lowest BCUT2D eigenvalue weighted by molar-refractivity contribution is -0.104. The van der Waals surface area contributed by atoms with E-state index in [1.54, 1.807) is 11.5 Å². The number of hydrogen-bond acceptors (Lipinski definition) is 4. The number of benzene rings is 1. The molecule has 24 heavy (non-hydrogen) atoms. The number of nitrogen functional groups attached to an aromatic ring is 1. The van der Waals surface area contributed by atoms with E-state index in [9.17, 15) is 18.3 Å². The summed E-state index contributed by atoms with van der Waals surface area (Å²) in [7, 11) is -3.88. The number of aromatic nitrogens is 1. The molecule has 0 bridgehead atoms. The monoisotopic (exact) mass is 348 g/mol. The van der Waals surface area contributed by atoms with Crippen LogP contribution in [0.15, 0.2) is 34.1 Å². The first-order valence-corrected chi connectivity index (χ1v) is 8.90. The molecule has 7 nitrogen and oxygen atoms in total. The summed E-state index contributed by atoms with van der Waals surface area (Å²) >= 11 is 0. The van der Waals surface area contributed by atoms with Gasteiger partial charge in [-0.2, -0.15) is 0 Å². The van der Waals surface area contributed by atoms with Crippen LogP contribution in [-0.2, 0) is 9.84 Å². The molecule has 0 spiro atoms. The predicted molar refractivity (Wildman–Crippen MR) is 87.8 cm³/mol. The van der Waals surface area contributed by atoms with Gasteiger partial charge in [-0.1, -0.05) is 0 Å². The van der Waals surface area contributed by atoms with Crippen molar-refractivity contribution in [3.63, 3.8) is 0 Å². The number of carboxylic acids is 1. The molecule has 3 rings (SSSR count). The molecule has 1 heterocycles. The Balaban J connectivity index is 2.19. The zero-order valence-electron chi connectivity index (χ0n) is 13.1. The molecule has 0 radical (unpaired) electrons. The lowest BCUT2D eigenvalue weighted by Crippen LogP contribution is -2.30. The van der Waals surface area contributed by atoms with Crippen LogP contribution in [0.2, 0.25) is 0 Å². The third-order valence-corrected chi connectivity index (χ3v) is 6.08. The fourth-order valence-corrected chi connectivity index (χ4v) is 4.37. The van der Waals surface area contributed by atoms with Crippen LogP contribution >= 0.6 is 0 Å². The Morgan fingerprint density at radius 2 is 2.04 bits per heavy atom. The average Bonchev–Trinajstić information content (AvgIpc) is 3.29. The molecular weight excluding hydrogens is 330 g/mol. The zero-order valence-corrected chi connectivity index (χ0v) is 13.9. The predicted octanol–water partition coefficient (Wildman–Crippen LogP) is 0.423. The topological polar surface area (TPSA) is 128 Å². The number of carbonyl (C=O) groups is 1. The number of hydrogen-bond donors (Lipinski definition) is 3. The van der Waals surface area contributed by atoms with Crippen LogP contribution in [0.25, 0.3) is 0 Å². The first-order chi connectivity index (χ1) is 11.3. The van der Waals surface area contributed by atoms with Crippen LogP contribution in [0.3, 0.4) is 0 Å². The van der Waals surface area contributed by atoms with E-state index in [0.29, 0.717) is 16.9 Å². The summed E-state index contributed by atoms with van der Waals surface area (Å²) in [6.07, 6.45) is 2.94. The molecule has 0 amide bonds. The Morgan fingerprint density at radius 1 is 1.38 bits per heavy atom. The average molecular weight is 348 g/mol. The maximum Gasteiger partial charge on any atom is 0.352 e. The number of rotatable bonds is 5. The molecule has 0 atom stereocenters. The molecular formula is C16H18N3O4S+. The van der Waals surface area contributed by atoms with Gasteiger partial charge in [-0.05, 0) is 44.0 Å². The minimum Gasteiger partial charge on any atom is -0.477 e. The third kappa shape index (κ3) is 2.48. The SMILES string of the molecule is Cc1c(S(=O)(=O)c2ccc(N)c(C=[NH2+])c2)cc(C(=O)O)n1C1CC1. The van der Waals surface area contributed by atoms with E-state index in [1.165, 1.54) is 30.5 Å². The quantitative estimate of drug-likeness (QED) is 0.533. The van der Waals surface area contributed by atoms with Crippen LogP contribution in [-0.4, -0.2) is 30.3 Å². The van der Waals surface area contributed by atoms with E-state index in [0.717, 1.165) is 12.8 Å². The Labute approximate surface area is 139 Å². The van der Waals surface area contributed by atoms with Gasteiger partial charge in [0.15, 0.2) is 6.21 Å². The molecule has 1 aromatic carbocycles. The number of carboxylic acid groups (broad SMARTS) is 1. The highest BCUT2D eigenvalue weighted by Crippen LogP contribution is 2.40. The standard InChI is InChI=1S/C16H17N3O4S/c1-9-15(7-14(16(20)21)19(9)11-2-3-11)24(22,23)12-4-5-13(18)10(6-12)8-17/h4-8,11,17H,2-3,18H2,1H3,(H,20,21)/p+1. The van der Waals surface area contributed by atoms with Crippen molar-refractivity contribution in [1.29, 1.82) is 0 Å². The molecule has 0 unspecified atom stereocenters. The van der Waals surface area contributed by atoms with E-state index >= 15 is 0 Å². The second-order valence-corrected chi connectivity index (χ2v) is 7.76. The zero-order chi connectivity index (χ0) is 17.6. The van der Waals surface area contributed by atoms with Crippen LogP contribution in [0.5, 0.6) is 0 Å². The second-order valence-electron chi connectivity index (χ2n) is 5.85.